The normalized spacial score (nSPS) is 10.7. The van der Waals surface area contributed by atoms with Crippen molar-refractivity contribution in [2.45, 2.75) is 13.5 Å². The summed E-state index contributed by atoms with van der Waals surface area (Å²) in [6.45, 7) is 2.18. The molecule has 0 amide bonds. The zero-order valence-electron chi connectivity index (χ0n) is 10.1. The van der Waals surface area contributed by atoms with E-state index in [0.29, 0.717) is 18.2 Å². The number of nitrogens with two attached hydrogens (primary N) is 1. The molecule has 2 N–H and O–H groups in total. The third kappa shape index (κ3) is 2.32. The monoisotopic (exact) mass is 269 g/mol. The molecule has 1 aromatic carbocycles. The molecule has 0 aliphatic rings. The molecule has 1 heterocycles. The van der Waals surface area contributed by atoms with Crippen LogP contribution in [-0.2, 0) is 13.6 Å². The average Bonchev–Trinajstić information content (AvgIpc) is 2.58. The van der Waals surface area contributed by atoms with Gasteiger partial charge in [-0.1, -0.05) is 11.6 Å². The number of hydrogen-bond acceptors (Lipinski definition) is 3. The van der Waals surface area contributed by atoms with E-state index in [1.165, 1.54) is 18.2 Å². The van der Waals surface area contributed by atoms with E-state index in [1.807, 2.05) is 6.92 Å². The van der Waals surface area contributed by atoms with Crippen LogP contribution in [0.1, 0.15) is 11.3 Å². The number of rotatable bonds is 3. The summed E-state index contributed by atoms with van der Waals surface area (Å²) in [6.07, 6.45) is 0. The van der Waals surface area contributed by atoms with Crippen molar-refractivity contribution in [3.8, 4) is 11.6 Å². The molecule has 0 aliphatic heterocycles. The third-order valence-electron chi connectivity index (χ3n) is 2.60. The number of halogens is 2. The lowest BCUT2D eigenvalue weighted by atomic mass is 10.2. The lowest BCUT2D eigenvalue weighted by Gasteiger charge is -2.08. The first-order chi connectivity index (χ1) is 8.52. The molecule has 0 aliphatic carbocycles. The van der Waals surface area contributed by atoms with E-state index in [9.17, 15) is 4.39 Å². The van der Waals surface area contributed by atoms with Gasteiger partial charge in [0.25, 0.3) is 0 Å². The van der Waals surface area contributed by atoms with Gasteiger partial charge in [0, 0.05) is 19.7 Å². The first kappa shape index (κ1) is 12.9. The fraction of sp³-hybridized carbons (Fsp3) is 0.250. The summed E-state index contributed by atoms with van der Waals surface area (Å²) in [5.41, 5.74) is 7.28. The van der Waals surface area contributed by atoms with Gasteiger partial charge in [-0.2, -0.15) is 5.10 Å². The van der Waals surface area contributed by atoms with Crippen LogP contribution in [0.2, 0.25) is 5.02 Å². The molecule has 4 nitrogen and oxygen atoms in total. The summed E-state index contributed by atoms with van der Waals surface area (Å²) >= 11 is 5.70. The molecule has 2 aromatic rings. The number of aryl methyl sites for hydroxylation is 2. The van der Waals surface area contributed by atoms with Gasteiger partial charge in [-0.25, -0.2) is 9.07 Å². The second kappa shape index (κ2) is 4.96. The maximum Gasteiger partial charge on any atom is 0.222 e. The highest BCUT2D eigenvalue weighted by Gasteiger charge is 2.14. The lowest BCUT2D eigenvalue weighted by Crippen LogP contribution is -2.01. The van der Waals surface area contributed by atoms with E-state index in [0.717, 1.165) is 11.3 Å². The standard InChI is InChI=1S/C12H13ClFN3O/c1-7-9(6-15)12(17(2)16-7)18-8-3-4-11(14)10(13)5-8/h3-5H,6,15H2,1-2H3. The second-order valence-corrected chi connectivity index (χ2v) is 4.28. The summed E-state index contributed by atoms with van der Waals surface area (Å²) in [6, 6.07) is 4.17. The van der Waals surface area contributed by atoms with Crippen LogP contribution in [0.25, 0.3) is 0 Å². The Kier molecular flexibility index (Phi) is 3.54. The predicted octanol–water partition coefficient (Wildman–Crippen LogP) is 2.77. The Morgan fingerprint density at radius 2 is 2.22 bits per heavy atom. The van der Waals surface area contributed by atoms with E-state index >= 15 is 0 Å². The van der Waals surface area contributed by atoms with Gasteiger partial charge in [-0.15, -0.1) is 0 Å². The molecule has 0 radical (unpaired) electrons. The van der Waals surface area contributed by atoms with Gasteiger partial charge < -0.3 is 10.5 Å². The minimum Gasteiger partial charge on any atom is -0.439 e. The lowest BCUT2D eigenvalue weighted by molar-refractivity contribution is 0.425. The maximum atomic E-state index is 13.0. The Morgan fingerprint density at radius 3 is 2.83 bits per heavy atom. The van der Waals surface area contributed by atoms with Crippen molar-refractivity contribution < 1.29 is 9.13 Å². The topological polar surface area (TPSA) is 53.1 Å². The van der Waals surface area contributed by atoms with Crippen molar-refractivity contribution in [2.75, 3.05) is 0 Å². The number of aromatic nitrogens is 2. The molecule has 0 spiro atoms. The van der Waals surface area contributed by atoms with Crippen LogP contribution in [0.5, 0.6) is 11.6 Å². The van der Waals surface area contributed by atoms with Crippen molar-refractivity contribution in [3.63, 3.8) is 0 Å². The quantitative estimate of drug-likeness (QED) is 0.932. The Hall–Kier alpha value is -1.59. The first-order valence-electron chi connectivity index (χ1n) is 5.38. The van der Waals surface area contributed by atoms with Gasteiger partial charge in [0.1, 0.15) is 11.6 Å². The average molecular weight is 270 g/mol. The highest BCUT2D eigenvalue weighted by atomic mass is 35.5. The highest BCUT2D eigenvalue weighted by molar-refractivity contribution is 6.30. The summed E-state index contributed by atoms with van der Waals surface area (Å²) in [5, 5.41) is 4.24. The summed E-state index contributed by atoms with van der Waals surface area (Å²) in [7, 11) is 1.76. The molecular formula is C12H13ClFN3O. The largest absolute Gasteiger partial charge is 0.439 e. The third-order valence-corrected chi connectivity index (χ3v) is 2.89. The van der Waals surface area contributed by atoms with E-state index in [2.05, 4.69) is 5.10 Å². The number of nitrogens with zero attached hydrogens (tertiary/aromatic N) is 2. The molecule has 0 saturated heterocycles. The zero-order valence-corrected chi connectivity index (χ0v) is 10.8. The molecule has 0 unspecified atom stereocenters. The van der Waals surface area contributed by atoms with Crippen LogP contribution >= 0.6 is 11.6 Å². The molecule has 6 heteroatoms. The van der Waals surface area contributed by atoms with Crippen LogP contribution in [-0.4, -0.2) is 9.78 Å². The van der Waals surface area contributed by atoms with Gasteiger partial charge in [-0.05, 0) is 19.1 Å². The van der Waals surface area contributed by atoms with E-state index < -0.39 is 5.82 Å². The molecule has 96 valence electrons. The molecule has 1 aromatic heterocycles. The van der Waals surface area contributed by atoms with Gasteiger partial charge in [0.15, 0.2) is 0 Å². The number of benzene rings is 1. The Morgan fingerprint density at radius 1 is 1.50 bits per heavy atom. The van der Waals surface area contributed by atoms with Gasteiger partial charge >= 0.3 is 0 Å². The summed E-state index contributed by atoms with van der Waals surface area (Å²) in [5.74, 6) is 0.501. The van der Waals surface area contributed by atoms with Gasteiger partial charge in [0.2, 0.25) is 5.88 Å². The fourth-order valence-electron chi connectivity index (χ4n) is 1.70. The zero-order chi connectivity index (χ0) is 13.3. The molecule has 0 atom stereocenters. The smallest absolute Gasteiger partial charge is 0.222 e. The van der Waals surface area contributed by atoms with Crippen LogP contribution < -0.4 is 10.5 Å². The molecule has 0 bridgehead atoms. The van der Waals surface area contributed by atoms with Crippen LogP contribution in [0, 0.1) is 12.7 Å². The predicted molar refractivity (Wildman–Crippen MR) is 67.3 cm³/mol. The van der Waals surface area contributed by atoms with Gasteiger partial charge in [0.05, 0.1) is 16.3 Å². The highest BCUT2D eigenvalue weighted by Crippen LogP contribution is 2.29. The van der Waals surface area contributed by atoms with Crippen molar-refractivity contribution >= 4 is 11.6 Å². The minimum atomic E-state index is -0.482. The van der Waals surface area contributed by atoms with Gasteiger partial charge in [-0.3, -0.25) is 0 Å². The van der Waals surface area contributed by atoms with Crippen molar-refractivity contribution in [3.05, 3.63) is 40.3 Å². The minimum absolute atomic E-state index is 0.0145. The SMILES string of the molecule is Cc1nn(C)c(Oc2ccc(F)c(Cl)c2)c1CN. The molecule has 0 saturated carbocycles. The van der Waals surface area contributed by atoms with E-state index in [1.54, 1.807) is 11.7 Å². The Bertz CT molecular complexity index is 583. The van der Waals surface area contributed by atoms with E-state index in [4.69, 9.17) is 22.1 Å². The maximum absolute atomic E-state index is 13.0. The molecule has 18 heavy (non-hydrogen) atoms. The first-order valence-corrected chi connectivity index (χ1v) is 5.76. The van der Waals surface area contributed by atoms with Crippen molar-refractivity contribution in [2.24, 2.45) is 12.8 Å². The number of hydrogen-bond donors (Lipinski definition) is 1. The molecule has 0 fully saturated rings. The van der Waals surface area contributed by atoms with Crippen molar-refractivity contribution in [1.29, 1.82) is 0 Å². The molecule has 2 rings (SSSR count). The summed E-state index contributed by atoms with van der Waals surface area (Å²) in [4.78, 5) is 0. The number of ether oxygens (including phenoxy) is 1. The second-order valence-electron chi connectivity index (χ2n) is 3.87. The fourth-order valence-corrected chi connectivity index (χ4v) is 1.87. The Balaban J connectivity index is 2.36. The Labute approximate surface area is 109 Å². The van der Waals surface area contributed by atoms with E-state index in [-0.39, 0.29) is 5.02 Å². The van der Waals surface area contributed by atoms with Crippen LogP contribution in [0.15, 0.2) is 18.2 Å². The van der Waals surface area contributed by atoms with Crippen LogP contribution in [0.3, 0.4) is 0 Å². The van der Waals surface area contributed by atoms with Crippen LogP contribution in [0.4, 0.5) is 4.39 Å². The summed E-state index contributed by atoms with van der Waals surface area (Å²) < 4.78 is 20.3. The molecular weight excluding hydrogens is 257 g/mol. The van der Waals surface area contributed by atoms with Crippen molar-refractivity contribution in [1.82, 2.24) is 9.78 Å².